The highest BCUT2D eigenvalue weighted by Gasteiger charge is 2.38. The molecule has 0 atom stereocenters. The summed E-state index contributed by atoms with van der Waals surface area (Å²) in [5.41, 5.74) is 1.28. The van der Waals surface area contributed by atoms with Crippen LogP contribution in [0.4, 0.5) is 8.78 Å². The van der Waals surface area contributed by atoms with E-state index in [2.05, 4.69) is 33.4 Å². The molecule has 0 aromatic heterocycles. The van der Waals surface area contributed by atoms with Gasteiger partial charge in [0.2, 0.25) is 0 Å². The molecule has 1 fully saturated rings. The lowest BCUT2D eigenvalue weighted by molar-refractivity contribution is 0.163. The molecule has 0 bridgehead atoms. The van der Waals surface area contributed by atoms with Crippen molar-refractivity contribution in [3.63, 3.8) is 0 Å². The number of hydrogen-bond acceptors (Lipinski definition) is 1. The third-order valence-corrected chi connectivity index (χ3v) is 4.73. The van der Waals surface area contributed by atoms with Crippen LogP contribution in [0.15, 0.2) is 46.9 Å². The van der Waals surface area contributed by atoms with Crippen molar-refractivity contribution in [2.75, 3.05) is 13.1 Å². The molecule has 2 aromatic carbocycles. The molecule has 1 aliphatic rings. The Morgan fingerprint density at radius 3 is 2.33 bits per heavy atom. The van der Waals surface area contributed by atoms with Crippen LogP contribution in [0, 0.1) is 17.0 Å². The molecule has 2 aromatic rings. The maximum absolute atomic E-state index is 14.2. The summed E-state index contributed by atoms with van der Waals surface area (Å²) in [6, 6.07) is 12.8. The zero-order chi connectivity index (χ0) is 14.9. The minimum atomic E-state index is -0.477. The van der Waals surface area contributed by atoms with Gasteiger partial charge in [0.25, 0.3) is 0 Å². The molecule has 0 radical (unpaired) electrons. The summed E-state index contributed by atoms with van der Waals surface area (Å²) in [4.78, 5) is 0. The molecule has 0 amide bonds. The second kappa shape index (κ2) is 5.85. The van der Waals surface area contributed by atoms with Crippen LogP contribution >= 0.6 is 15.9 Å². The van der Waals surface area contributed by atoms with Crippen LogP contribution in [0.1, 0.15) is 11.1 Å². The molecule has 1 aliphatic heterocycles. The minimum absolute atomic E-state index is 0.107. The average molecular weight is 352 g/mol. The van der Waals surface area contributed by atoms with Crippen LogP contribution in [-0.2, 0) is 12.8 Å². The fourth-order valence-electron chi connectivity index (χ4n) is 2.93. The highest BCUT2D eigenvalue weighted by atomic mass is 79.9. The van der Waals surface area contributed by atoms with Crippen molar-refractivity contribution >= 4 is 15.9 Å². The smallest absolute Gasteiger partial charge is 0.143 e. The van der Waals surface area contributed by atoms with E-state index >= 15 is 0 Å². The van der Waals surface area contributed by atoms with Gasteiger partial charge in [-0.3, -0.25) is 0 Å². The van der Waals surface area contributed by atoms with Crippen molar-refractivity contribution in [3.05, 3.63) is 69.7 Å². The lowest BCUT2D eigenvalue weighted by atomic mass is 9.72. The molecule has 0 unspecified atom stereocenters. The Bertz CT molecular complexity index is 639. The van der Waals surface area contributed by atoms with E-state index in [-0.39, 0.29) is 11.0 Å². The predicted octanol–water partition coefficient (Wildman–Crippen LogP) is 4.10. The van der Waals surface area contributed by atoms with Gasteiger partial charge in [-0.1, -0.05) is 30.3 Å². The summed E-state index contributed by atoms with van der Waals surface area (Å²) in [5, 5.41) is 3.24. The number of benzene rings is 2. The Kier molecular flexibility index (Phi) is 4.09. The normalized spacial score (nSPS) is 16.5. The van der Waals surface area contributed by atoms with E-state index in [1.165, 1.54) is 17.7 Å². The van der Waals surface area contributed by atoms with Gasteiger partial charge >= 0.3 is 0 Å². The Morgan fingerprint density at radius 1 is 1.00 bits per heavy atom. The standard InChI is InChI=1S/C17H16BrF2N/c18-14-6-7-15(19)13(16(14)20)9-17(10-21-11-17)8-12-4-2-1-3-5-12/h1-7,21H,8-11H2. The zero-order valence-electron chi connectivity index (χ0n) is 11.5. The van der Waals surface area contributed by atoms with E-state index < -0.39 is 11.6 Å². The molecule has 1 N–H and O–H groups in total. The summed E-state index contributed by atoms with van der Waals surface area (Å²) >= 11 is 3.14. The first-order chi connectivity index (χ1) is 10.1. The van der Waals surface area contributed by atoms with Crippen LogP contribution < -0.4 is 5.32 Å². The first-order valence-corrected chi connectivity index (χ1v) is 7.76. The van der Waals surface area contributed by atoms with Gasteiger partial charge in [-0.05, 0) is 46.5 Å². The second-order valence-corrected chi connectivity index (χ2v) is 6.62. The van der Waals surface area contributed by atoms with Crippen LogP contribution in [-0.4, -0.2) is 13.1 Å². The summed E-state index contributed by atoms with van der Waals surface area (Å²) in [7, 11) is 0. The van der Waals surface area contributed by atoms with Crippen LogP contribution in [0.3, 0.4) is 0 Å². The molecule has 1 heterocycles. The van der Waals surface area contributed by atoms with Crippen molar-refractivity contribution in [3.8, 4) is 0 Å². The first kappa shape index (κ1) is 14.7. The lowest BCUT2D eigenvalue weighted by Crippen LogP contribution is -2.56. The zero-order valence-corrected chi connectivity index (χ0v) is 13.1. The van der Waals surface area contributed by atoms with Gasteiger partial charge in [0.05, 0.1) is 4.47 Å². The monoisotopic (exact) mass is 351 g/mol. The van der Waals surface area contributed by atoms with E-state index in [4.69, 9.17) is 0 Å². The molecule has 110 valence electrons. The van der Waals surface area contributed by atoms with Gasteiger partial charge in [-0.15, -0.1) is 0 Å². The maximum atomic E-state index is 14.2. The van der Waals surface area contributed by atoms with Crippen molar-refractivity contribution in [1.82, 2.24) is 5.32 Å². The van der Waals surface area contributed by atoms with Crippen molar-refractivity contribution in [2.24, 2.45) is 5.41 Å². The van der Waals surface area contributed by atoms with E-state index in [1.54, 1.807) is 0 Å². The van der Waals surface area contributed by atoms with E-state index in [1.807, 2.05) is 18.2 Å². The minimum Gasteiger partial charge on any atom is -0.315 e. The molecule has 21 heavy (non-hydrogen) atoms. The summed E-state index contributed by atoms with van der Waals surface area (Å²) in [6.45, 7) is 1.57. The first-order valence-electron chi connectivity index (χ1n) is 6.97. The number of nitrogens with one attached hydrogen (secondary N) is 1. The molecular formula is C17H16BrF2N. The molecule has 0 spiro atoms. The maximum Gasteiger partial charge on any atom is 0.143 e. The summed E-state index contributed by atoms with van der Waals surface area (Å²) in [5.74, 6) is -0.940. The van der Waals surface area contributed by atoms with Crippen LogP contribution in [0.2, 0.25) is 0 Å². The molecule has 1 saturated heterocycles. The summed E-state index contributed by atoms with van der Waals surface area (Å²) < 4.78 is 28.5. The van der Waals surface area contributed by atoms with Gasteiger partial charge in [0.1, 0.15) is 11.6 Å². The molecule has 0 saturated carbocycles. The van der Waals surface area contributed by atoms with Crippen molar-refractivity contribution in [1.29, 1.82) is 0 Å². The third kappa shape index (κ3) is 3.01. The lowest BCUT2D eigenvalue weighted by Gasteiger charge is -2.43. The fourth-order valence-corrected chi connectivity index (χ4v) is 3.30. The highest BCUT2D eigenvalue weighted by molar-refractivity contribution is 9.10. The Balaban J connectivity index is 1.87. The SMILES string of the molecule is Fc1ccc(Br)c(F)c1CC1(Cc2ccccc2)CNC1. The Labute approximate surface area is 131 Å². The van der Waals surface area contributed by atoms with Crippen molar-refractivity contribution < 1.29 is 8.78 Å². The average Bonchev–Trinajstić information content (AvgIpc) is 2.46. The van der Waals surface area contributed by atoms with Gasteiger partial charge in [-0.25, -0.2) is 8.78 Å². The van der Waals surface area contributed by atoms with Gasteiger partial charge in [0, 0.05) is 24.1 Å². The number of halogens is 3. The van der Waals surface area contributed by atoms with Crippen molar-refractivity contribution in [2.45, 2.75) is 12.8 Å². The highest BCUT2D eigenvalue weighted by Crippen LogP contribution is 2.35. The van der Waals surface area contributed by atoms with Crippen LogP contribution in [0.25, 0.3) is 0 Å². The topological polar surface area (TPSA) is 12.0 Å². The second-order valence-electron chi connectivity index (χ2n) is 5.76. The molecular weight excluding hydrogens is 336 g/mol. The van der Waals surface area contributed by atoms with E-state index in [9.17, 15) is 8.78 Å². The predicted molar refractivity (Wildman–Crippen MR) is 83.2 cm³/mol. The molecule has 1 nitrogen and oxygen atoms in total. The largest absolute Gasteiger partial charge is 0.315 e. The molecule has 3 rings (SSSR count). The van der Waals surface area contributed by atoms with Gasteiger partial charge in [-0.2, -0.15) is 0 Å². The summed E-state index contributed by atoms with van der Waals surface area (Å²) in [6.07, 6.45) is 1.23. The quantitative estimate of drug-likeness (QED) is 0.817. The molecule has 4 heteroatoms. The third-order valence-electron chi connectivity index (χ3n) is 4.11. The number of hydrogen-bond donors (Lipinski definition) is 1. The van der Waals surface area contributed by atoms with Crippen LogP contribution in [0.5, 0.6) is 0 Å². The Morgan fingerprint density at radius 2 is 1.71 bits per heavy atom. The molecule has 0 aliphatic carbocycles. The van der Waals surface area contributed by atoms with Gasteiger partial charge in [0.15, 0.2) is 0 Å². The number of rotatable bonds is 4. The van der Waals surface area contributed by atoms with E-state index in [0.29, 0.717) is 10.9 Å². The fraction of sp³-hybridized carbons (Fsp3) is 0.294. The Hall–Kier alpha value is -1.26. The van der Waals surface area contributed by atoms with E-state index in [0.717, 1.165) is 19.5 Å². The van der Waals surface area contributed by atoms with Gasteiger partial charge < -0.3 is 5.32 Å².